The molecule has 0 fully saturated rings. The second-order valence-corrected chi connectivity index (χ2v) is 5.23. The maximum atomic E-state index is 11.8. The van der Waals surface area contributed by atoms with Gasteiger partial charge in [0, 0.05) is 6.54 Å². The quantitative estimate of drug-likeness (QED) is 0.570. The Morgan fingerprint density at radius 1 is 1.04 bits per heavy atom. The van der Waals surface area contributed by atoms with Crippen molar-refractivity contribution in [3.8, 4) is 0 Å². The largest absolute Gasteiger partial charge is 0.444 e. The summed E-state index contributed by atoms with van der Waals surface area (Å²) in [5, 5.41) is 18.3. The molecule has 140 valence electrons. The summed E-state index contributed by atoms with van der Waals surface area (Å²) in [5.74, 6) is 0. The van der Waals surface area contributed by atoms with Crippen molar-refractivity contribution in [2.45, 2.75) is 50.9 Å². The van der Waals surface area contributed by atoms with Crippen LogP contribution in [0.15, 0.2) is 0 Å². The third kappa shape index (κ3) is 14.1. The van der Waals surface area contributed by atoms with Crippen molar-refractivity contribution < 1.29 is 46.1 Å². The van der Waals surface area contributed by atoms with E-state index in [1.165, 1.54) is 0 Å². The predicted octanol–water partition coefficient (Wildman–Crippen LogP) is 1.30. The van der Waals surface area contributed by atoms with Crippen molar-refractivity contribution >= 4 is 6.09 Å². The fourth-order valence-corrected chi connectivity index (χ4v) is 0.744. The average Bonchev–Trinajstić information content (AvgIpc) is 2.31. The molecular formula is C11H20F6N2O4. The van der Waals surface area contributed by atoms with Crippen LogP contribution in [0.3, 0.4) is 0 Å². The molecule has 2 atom stereocenters. The van der Waals surface area contributed by atoms with E-state index in [0.29, 0.717) is 0 Å². The summed E-state index contributed by atoms with van der Waals surface area (Å²) in [7, 11) is 0. The summed E-state index contributed by atoms with van der Waals surface area (Å²) >= 11 is 0. The molecule has 0 rings (SSSR count). The molecule has 6 nitrogen and oxygen atoms in total. The third-order valence-electron chi connectivity index (χ3n) is 1.82. The number of hydrogen-bond acceptors (Lipinski definition) is 5. The molecule has 12 heteroatoms. The van der Waals surface area contributed by atoms with Gasteiger partial charge in [0.15, 0.2) is 12.2 Å². The summed E-state index contributed by atoms with van der Waals surface area (Å²) in [6.45, 7) is 3.04. The smallest absolute Gasteiger partial charge is 0.416 e. The van der Waals surface area contributed by atoms with E-state index in [4.69, 9.17) is 10.2 Å². The lowest BCUT2D eigenvalue weighted by molar-refractivity contribution is -0.201. The van der Waals surface area contributed by atoms with Crippen molar-refractivity contribution in [3.63, 3.8) is 0 Å². The second kappa shape index (κ2) is 9.13. The van der Waals surface area contributed by atoms with Crippen LogP contribution in [-0.4, -0.2) is 59.6 Å². The first-order valence-electron chi connectivity index (χ1n) is 6.17. The Hall–Kier alpha value is -1.27. The molecule has 0 heterocycles. The minimum atomic E-state index is -4.74. The molecule has 0 saturated heterocycles. The van der Waals surface area contributed by atoms with Gasteiger partial charge in [0.25, 0.3) is 0 Å². The number of halogens is 6. The van der Waals surface area contributed by atoms with Crippen molar-refractivity contribution in [1.82, 2.24) is 5.32 Å². The normalized spacial score (nSPS) is 15.1. The van der Waals surface area contributed by atoms with Gasteiger partial charge in [-0.15, -0.1) is 0 Å². The van der Waals surface area contributed by atoms with E-state index in [0.717, 1.165) is 0 Å². The molecule has 1 amide bonds. The minimum absolute atomic E-state index is 0.774. The molecule has 0 spiro atoms. The Labute approximate surface area is 128 Å². The Balaban J connectivity index is 0. The fraction of sp³-hybridized carbons (Fsp3) is 0.909. The first-order chi connectivity index (χ1) is 10.0. The van der Waals surface area contributed by atoms with E-state index >= 15 is 0 Å². The Kier molecular flexibility index (Phi) is 9.52. The van der Waals surface area contributed by atoms with E-state index in [1.54, 1.807) is 20.8 Å². The highest BCUT2D eigenvalue weighted by Gasteiger charge is 2.38. The number of carbonyl (C=O) groups is 1. The molecule has 2 unspecified atom stereocenters. The molecule has 0 aliphatic carbocycles. The molecule has 0 aromatic heterocycles. The molecule has 23 heavy (non-hydrogen) atoms. The summed E-state index contributed by atoms with van der Waals surface area (Å²) < 4.78 is 73.4. The van der Waals surface area contributed by atoms with Crippen molar-refractivity contribution in [2.24, 2.45) is 5.73 Å². The number of nitrogens with two attached hydrogens (primary N) is 1. The minimum Gasteiger partial charge on any atom is -0.444 e. The van der Waals surface area contributed by atoms with Crippen LogP contribution in [0.25, 0.3) is 0 Å². The molecule has 0 aliphatic heterocycles. The molecular weight excluding hydrogens is 338 g/mol. The lowest BCUT2D eigenvalue weighted by atomic mass is 10.2. The van der Waals surface area contributed by atoms with Gasteiger partial charge in [-0.1, -0.05) is 0 Å². The lowest BCUT2D eigenvalue weighted by Crippen LogP contribution is -2.42. The van der Waals surface area contributed by atoms with Crippen LogP contribution in [0.1, 0.15) is 20.8 Å². The number of amides is 1. The Morgan fingerprint density at radius 3 is 1.65 bits per heavy atom. The molecule has 5 N–H and O–H groups in total. The second-order valence-electron chi connectivity index (χ2n) is 5.23. The zero-order valence-corrected chi connectivity index (χ0v) is 12.6. The highest BCUT2D eigenvalue weighted by molar-refractivity contribution is 5.67. The third-order valence-corrected chi connectivity index (χ3v) is 1.82. The number of aliphatic hydroxyl groups is 2. The number of aliphatic hydroxyl groups excluding tert-OH is 2. The van der Waals surface area contributed by atoms with Crippen molar-refractivity contribution in [2.75, 3.05) is 13.1 Å². The number of nitrogens with one attached hydrogen (secondary N) is 1. The number of carbonyl (C=O) groups excluding carboxylic acids is 1. The Bertz CT molecular complexity index is 354. The number of alkyl halides is 6. The number of rotatable bonds is 3. The Morgan fingerprint density at radius 2 is 1.43 bits per heavy atom. The first kappa shape index (κ1) is 24.0. The van der Waals surface area contributed by atoms with Crippen molar-refractivity contribution in [3.05, 3.63) is 0 Å². The summed E-state index contributed by atoms with van der Waals surface area (Å²) in [5.41, 5.74) is 3.70. The van der Waals surface area contributed by atoms with Gasteiger partial charge in [0.05, 0.1) is 6.54 Å². The van der Waals surface area contributed by atoms with E-state index in [2.05, 4.69) is 10.5 Å². The molecule has 0 radical (unpaired) electrons. The highest BCUT2D eigenvalue weighted by Crippen LogP contribution is 2.19. The highest BCUT2D eigenvalue weighted by atomic mass is 19.4. The van der Waals surface area contributed by atoms with Gasteiger partial charge < -0.3 is 26.0 Å². The molecule has 0 aromatic rings. The van der Waals surface area contributed by atoms with Crippen LogP contribution < -0.4 is 11.1 Å². The molecule has 0 aliphatic rings. The molecule has 0 bridgehead atoms. The molecule has 0 aromatic carbocycles. The predicted molar refractivity (Wildman–Crippen MR) is 67.4 cm³/mol. The van der Waals surface area contributed by atoms with Crippen LogP contribution >= 0.6 is 0 Å². The zero-order valence-electron chi connectivity index (χ0n) is 12.6. The van der Waals surface area contributed by atoms with Crippen LogP contribution in [0.4, 0.5) is 31.1 Å². The fourth-order valence-electron chi connectivity index (χ4n) is 0.744. The van der Waals surface area contributed by atoms with Crippen LogP contribution in [0.2, 0.25) is 0 Å². The van der Waals surface area contributed by atoms with Gasteiger partial charge in [-0.25, -0.2) is 4.79 Å². The lowest BCUT2D eigenvalue weighted by Gasteiger charge is -2.21. The number of hydrogen-bond donors (Lipinski definition) is 4. The summed E-state index contributed by atoms with van der Waals surface area (Å²) in [4.78, 5) is 10.9. The zero-order chi connectivity index (χ0) is 19.1. The van der Waals surface area contributed by atoms with E-state index in [-0.39, 0.29) is 0 Å². The van der Waals surface area contributed by atoms with Crippen molar-refractivity contribution in [1.29, 1.82) is 0 Å². The van der Waals surface area contributed by atoms with E-state index in [1.807, 2.05) is 5.32 Å². The van der Waals surface area contributed by atoms with Gasteiger partial charge in [0.1, 0.15) is 5.60 Å². The SMILES string of the molecule is CC(C)(C)OC(=O)NCC(O)C(F)(F)F.NCC(O)C(F)(F)F. The topological polar surface area (TPSA) is 105 Å². The maximum Gasteiger partial charge on any atom is 0.416 e. The first-order valence-corrected chi connectivity index (χ1v) is 6.17. The van der Waals surface area contributed by atoms with Crippen LogP contribution in [0.5, 0.6) is 0 Å². The summed E-state index contributed by atoms with van der Waals surface area (Å²) in [6.07, 6.45) is -15.2. The van der Waals surface area contributed by atoms with Gasteiger partial charge in [-0.05, 0) is 20.8 Å². The van der Waals surface area contributed by atoms with Crippen LogP contribution in [-0.2, 0) is 4.74 Å². The van der Waals surface area contributed by atoms with E-state index < -0.39 is 49.3 Å². The van der Waals surface area contributed by atoms with Gasteiger partial charge in [-0.2, -0.15) is 26.3 Å². The summed E-state index contributed by atoms with van der Waals surface area (Å²) in [6, 6.07) is 0. The monoisotopic (exact) mass is 358 g/mol. The number of alkyl carbamates (subject to hydrolysis) is 1. The van der Waals surface area contributed by atoms with Gasteiger partial charge in [-0.3, -0.25) is 0 Å². The van der Waals surface area contributed by atoms with E-state index in [9.17, 15) is 31.1 Å². The van der Waals surface area contributed by atoms with Gasteiger partial charge >= 0.3 is 18.4 Å². The number of ether oxygens (including phenoxy) is 1. The maximum absolute atomic E-state index is 11.8. The molecule has 0 saturated carbocycles. The standard InChI is InChI=1S/C8H14F3NO3.C3H6F3NO/c1-7(2,3)15-6(14)12-4-5(13)8(9,10)11;4-3(5,6)2(8)1-7/h5,13H,4H2,1-3H3,(H,12,14);2,8H,1,7H2. The average molecular weight is 358 g/mol. The van der Waals surface area contributed by atoms with Gasteiger partial charge in [0.2, 0.25) is 0 Å². The van der Waals surface area contributed by atoms with Crippen LogP contribution in [0, 0.1) is 0 Å².